The molecule has 0 aliphatic rings. The van der Waals surface area contributed by atoms with E-state index in [2.05, 4.69) is 26.0 Å². The molecule has 0 fully saturated rings. The zero-order chi connectivity index (χ0) is 13.3. The molecule has 0 unspecified atom stereocenters. The maximum atomic E-state index is 2.41. The van der Waals surface area contributed by atoms with Crippen LogP contribution in [-0.2, 0) is 0 Å². The van der Waals surface area contributed by atoms with Crippen molar-refractivity contribution in [2.75, 3.05) is 0 Å². The minimum atomic E-state index is 1.31. The Morgan fingerprint density at radius 3 is 1.17 bits per heavy atom. The van der Waals surface area contributed by atoms with Crippen molar-refractivity contribution < 1.29 is 0 Å². The molecule has 0 aliphatic heterocycles. The van der Waals surface area contributed by atoms with Gasteiger partial charge < -0.3 is 0 Å². The molecule has 0 saturated carbocycles. The molecule has 0 N–H and O–H groups in total. The molecule has 0 heteroatoms. The van der Waals surface area contributed by atoms with Crippen molar-refractivity contribution in [1.82, 2.24) is 0 Å². The zero-order valence-electron chi connectivity index (χ0n) is 13.1. The van der Waals surface area contributed by atoms with E-state index in [1.165, 1.54) is 89.9 Å². The fourth-order valence-electron chi connectivity index (χ4n) is 2.32. The van der Waals surface area contributed by atoms with Crippen LogP contribution in [0.5, 0.6) is 0 Å². The standard InChI is InChI=1S/C18H36/c1-3-5-7-9-11-13-15-17-18-16-14-12-10-8-6-4-2/h15,17H,3-14,16,18H2,1-2H3/b17-15-. The average Bonchev–Trinajstić information content (AvgIpc) is 2.39. The Kier molecular flexibility index (Phi) is 16.5. The monoisotopic (exact) mass is 252 g/mol. The number of allylic oxidation sites excluding steroid dienone is 2. The third-order valence-corrected chi connectivity index (χ3v) is 3.62. The van der Waals surface area contributed by atoms with Crippen LogP contribution in [0, 0.1) is 0 Å². The van der Waals surface area contributed by atoms with Crippen molar-refractivity contribution in [1.29, 1.82) is 0 Å². The van der Waals surface area contributed by atoms with E-state index in [9.17, 15) is 0 Å². The van der Waals surface area contributed by atoms with Crippen molar-refractivity contribution in [3.8, 4) is 0 Å². The molecule has 0 aromatic rings. The second kappa shape index (κ2) is 16.7. The lowest BCUT2D eigenvalue weighted by Crippen LogP contribution is -1.79. The molecule has 0 aromatic heterocycles. The molecule has 0 atom stereocenters. The second-order valence-electron chi connectivity index (χ2n) is 5.58. The molecule has 0 aromatic carbocycles. The average molecular weight is 252 g/mol. The van der Waals surface area contributed by atoms with Crippen LogP contribution < -0.4 is 0 Å². The first-order valence-electron chi connectivity index (χ1n) is 8.56. The first-order valence-corrected chi connectivity index (χ1v) is 8.56. The molecule has 0 amide bonds. The van der Waals surface area contributed by atoms with E-state index in [-0.39, 0.29) is 0 Å². The fraction of sp³-hybridized carbons (Fsp3) is 0.889. The number of hydrogen-bond donors (Lipinski definition) is 0. The molecule has 0 bridgehead atoms. The van der Waals surface area contributed by atoms with Gasteiger partial charge in [0.25, 0.3) is 0 Å². The quantitative estimate of drug-likeness (QED) is 0.230. The Labute approximate surface area is 116 Å². The van der Waals surface area contributed by atoms with Gasteiger partial charge in [0.1, 0.15) is 0 Å². The van der Waals surface area contributed by atoms with Crippen LogP contribution in [0.15, 0.2) is 12.2 Å². The van der Waals surface area contributed by atoms with Crippen molar-refractivity contribution >= 4 is 0 Å². The maximum absolute atomic E-state index is 2.41. The van der Waals surface area contributed by atoms with E-state index in [0.29, 0.717) is 0 Å². The zero-order valence-corrected chi connectivity index (χ0v) is 13.1. The molecule has 108 valence electrons. The Bertz CT molecular complexity index is 157. The van der Waals surface area contributed by atoms with E-state index in [4.69, 9.17) is 0 Å². The summed E-state index contributed by atoms with van der Waals surface area (Å²) in [5.74, 6) is 0. The van der Waals surface area contributed by atoms with Crippen LogP contribution in [-0.4, -0.2) is 0 Å². The molecule has 0 nitrogen and oxygen atoms in total. The highest BCUT2D eigenvalue weighted by molar-refractivity contribution is 4.81. The normalized spacial score (nSPS) is 11.4. The summed E-state index contributed by atoms with van der Waals surface area (Å²) in [7, 11) is 0. The van der Waals surface area contributed by atoms with Gasteiger partial charge in [-0.15, -0.1) is 0 Å². The largest absolute Gasteiger partial charge is 0.0885 e. The summed E-state index contributed by atoms with van der Waals surface area (Å²) in [6.45, 7) is 4.56. The van der Waals surface area contributed by atoms with Crippen LogP contribution in [0.2, 0.25) is 0 Å². The Morgan fingerprint density at radius 1 is 0.444 bits per heavy atom. The van der Waals surface area contributed by atoms with Crippen LogP contribution in [0.25, 0.3) is 0 Å². The highest BCUT2D eigenvalue weighted by atomic mass is 14.0. The SMILES string of the molecule is CCCCCCC/C=C\CCCCCCCCC. The maximum Gasteiger partial charge on any atom is -0.0351 e. The van der Waals surface area contributed by atoms with Gasteiger partial charge in [-0.3, -0.25) is 0 Å². The van der Waals surface area contributed by atoms with Gasteiger partial charge in [0.05, 0.1) is 0 Å². The number of hydrogen-bond acceptors (Lipinski definition) is 0. The first-order chi connectivity index (χ1) is 8.91. The molecule has 0 rings (SSSR count). The molecule has 0 spiro atoms. The van der Waals surface area contributed by atoms with Gasteiger partial charge in [0.2, 0.25) is 0 Å². The summed E-state index contributed by atoms with van der Waals surface area (Å²) in [6.07, 6.45) is 24.4. The number of rotatable bonds is 14. The molecule has 18 heavy (non-hydrogen) atoms. The highest BCUT2D eigenvalue weighted by Gasteiger charge is 1.89. The lowest BCUT2D eigenvalue weighted by molar-refractivity contribution is 0.591. The summed E-state index contributed by atoms with van der Waals surface area (Å²) in [4.78, 5) is 0. The minimum Gasteiger partial charge on any atom is -0.0885 e. The minimum absolute atomic E-state index is 1.31. The lowest BCUT2D eigenvalue weighted by atomic mass is 10.1. The van der Waals surface area contributed by atoms with E-state index >= 15 is 0 Å². The summed E-state index contributed by atoms with van der Waals surface area (Å²) in [6, 6.07) is 0. The Morgan fingerprint density at radius 2 is 0.778 bits per heavy atom. The molecular formula is C18H36. The van der Waals surface area contributed by atoms with Crippen molar-refractivity contribution in [3.05, 3.63) is 12.2 Å². The third kappa shape index (κ3) is 15.7. The van der Waals surface area contributed by atoms with E-state index in [1.807, 2.05) is 0 Å². The summed E-state index contributed by atoms with van der Waals surface area (Å²) >= 11 is 0. The topological polar surface area (TPSA) is 0 Å². The van der Waals surface area contributed by atoms with Gasteiger partial charge in [0.15, 0.2) is 0 Å². The lowest BCUT2D eigenvalue weighted by Gasteiger charge is -1.99. The smallest absolute Gasteiger partial charge is 0.0351 e. The first kappa shape index (κ1) is 17.7. The molecule has 0 aliphatic carbocycles. The molecule has 0 saturated heterocycles. The molecule has 0 radical (unpaired) electrons. The molecule has 0 heterocycles. The third-order valence-electron chi connectivity index (χ3n) is 3.62. The highest BCUT2D eigenvalue weighted by Crippen LogP contribution is 2.09. The van der Waals surface area contributed by atoms with Gasteiger partial charge in [0, 0.05) is 0 Å². The van der Waals surface area contributed by atoms with Gasteiger partial charge >= 0.3 is 0 Å². The van der Waals surface area contributed by atoms with Crippen molar-refractivity contribution in [2.45, 2.75) is 104 Å². The van der Waals surface area contributed by atoms with Crippen LogP contribution >= 0.6 is 0 Å². The van der Waals surface area contributed by atoms with Crippen molar-refractivity contribution in [2.24, 2.45) is 0 Å². The van der Waals surface area contributed by atoms with Gasteiger partial charge in [-0.25, -0.2) is 0 Å². The van der Waals surface area contributed by atoms with Gasteiger partial charge in [-0.1, -0.05) is 90.2 Å². The summed E-state index contributed by atoms with van der Waals surface area (Å²) < 4.78 is 0. The van der Waals surface area contributed by atoms with Gasteiger partial charge in [-0.2, -0.15) is 0 Å². The van der Waals surface area contributed by atoms with Crippen LogP contribution in [0.4, 0.5) is 0 Å². The predicted molar refractivity (Wildman–Crippen MR) is 85.1 cm³/mol. The second-order valence-corrected chi connectivity index (χ2v) is 5.58. The Balaban J connectivity index is 3.00. The van der Waals surface area contributed by atoms with E-state index in [1.54, 1.807) is 0 Å². The van der Waals surface area contributed by atoms with Crippen LogP contribution in [0.3, 0.4) is 0 Å². The van der Waals surface area contributed by atoms with E-state index in [0.717, 1.165) is 0 Å². The van der Waals surface area contributed by atoms with Gasteiger partial charge in [-0.05, 0) is 25.7 Å². The fourth-order valence-corrected chi connectivity index (χ4v) is 2.32. The summed E-state index contributed by atoms with van der Waals surface area (Å²) in [5, 5.41) is 0. The summed E-state index contributed by atoms with van der Waals surface area (Å²) in [5.41, 5.74) is 0. The molecular weight excluding hydrogens is 216 g/mol. The van der Waals surface area contributed by atoms with Crippen LogP contribution in [0.1, 0.15) is 104 Å². The Hall–Kier alpha value is -0.260. The number of unbranched alkanes of at least 4 members (excludes halogenated alkanes) is 12. The van der Waals surface area contributed by atoms with Crippen molar-refractivity contribution in [3.63, 3.8) is 0 Å². The van der Waals surface area contributed by atoms with E-state index < -0.39 is 0 Å². The predicted octanol–water partition coefficient (Wildman–Crippen LogP) is 7.04.